The molecule has 0 saturated heterocycles. The summed E-state index contributed by atoms with van der Waals surface area (Å²) in [5.74, 6) is 0.466. The Bertz CT molecular complexity index is 885. The highest BCUT2D eigenvalue weighted by Gasteiger charge is 2.08. The molecule has 0 spiro atoms. The standard InChI is InChI=1S/C24H25ClFNO/c1-18(11-12-19-7-3-2-4-8-19)27-16-20-9-5-6-10-24(20)28-17-21-13-14-22(26)15-23(21)25/h2-10,13-15,18,27H,11-12,16-17H2,1H3. The van der Waals surface area contributed by atoms with Crippen LogP contribution in [0.25, 0.3) is 0 Å². The average Bonchev–Trinajstić information content (AvgIpc) is 2.71. The third kappa shape index (κ3) is 6.08. The van der Waals surface area contributed by atoms with Gasteiger partial charge in [0, 0.05) is 23.7 Å². The van der Waals surface area contributed by atoms with Crippen molar-refractivity contribution in [2.45, 2.75) is 39.0 Å². The first kappa shape index (κ1) is 20.4. The Morgan fingerprint density at radius 2 is 1.71 bits per heavy atom. The lowest BCUT2D eigenvalue weighted by molar-refractivity contribution is 0.301. The van der Waals surface area contributed by atoms with Crippen molar-refractivity contribution in [2.75, 3.05) is 0 Å². The molecule has 3 aromatic rings. The quantitative estimate of drug-likeness (QED) is 0.466. The topological polar surface area (TPSA) is 21.3 Å². The number of benzene rings is 3. The lowest BCUT2D eigenvalue weighted by atomic mass is 10.1. The highest BCUT2D eigenvalue weighted by Crippen LogP contribution is 2.23. The van der Waals surface area contributed by atoms with E-state index < -0.39 is 0 Å². The number of hydrogen-bond acceptors (Lipinski definition) is 2. The van der Waals surface area contributed by atoms with Crippen molar-refractivity contribution >= 4 is 11.6 Å². The third-order valence-corrected chi connectivity index (χ3v) is 5.07. The summed E-state index contributed by atoms with van der Waals surface area (Å²) in [6, 6.07) is 23.2. The molecule has 2 nitrogen and oxygen atoms in total. The van der Waals surface area contributed by atoms with E-state index in [9.17, 15) is 4.39 Å². The number of rotatable bonds is 9. The van der Waals surface area contributed by atoms with E-state index in [2.05, 4.69) is 42.6 Å². The first-order chi connectivity index (χ1) is 13.6. The highest BCUT2D eigenvalue weighted by atomic mass is 35.5. The first-order valence-corrected chi connectivity index (χ1v) is 9.91. The molecule has 0 radical (unpaired) electrons. The molecule has 0 amide bonds. The largest absolute Gasteiger partial charge is 0.489 e. The fourth-order valence-corrected chi connectivity index (χ4v) is 3.22. The van der Waals surface area contributed by atoms with E-state index in [4.69, 9.17) is 16.3 Å². The monoisotopic (exact) mass is 397 g/mol. The van der Waals surface area contributed by atoms with Crippen LogP contribution < -0.4 is 10.1 Å². The minimum absolute atomic E-state index is 0.305. The molecule has 0 bridgehead atoms. The Kier molecular flexibility index (Phi) is 7.46. The van der Waals surface area contributed by atoms with Crippen LogP contribution in [0, 0.1) is 5.82 Å². The summed E-state index contributed by atoms with van der Waals surface area (Å²) in [6.45, 7) is 3.23. The van der Waals surface area contributed by atoms with E-state index in [0.717, 1.165) is 36.3 Å². The van der Waals surface area contributed by atoms with Gasteiger partial charge in [-0.05, 0) is 43.5 Å². The van der Waals surface area contributed by atoms with Gasteiger partial charge in [0.1, 0.15) is 18.2 Å². The van der Waals surface area contributed by atoms with Crippen LogP contribution >= 0.6 is 11.6 Å². The van der Waals surface area contributed by atoms with E-state index in [1.807, 2.05) is 24.3 Å². The molecule has 146 valence electrons. The molecule has 3 rings (SSSR count). The van der Waals surface area contributed by atoms with Crippen LogP contribution in [0.4, 0.5) is 4.39 Å². The van der Waals surface area contributed by atoms with Crippen molar-refractivity contribution in [3.8, 4) is 5.75 Å². The summed E-state index contributed by atoms with van der Waals surface area (Å²) < 4.78 is 19.1. The van der Waals surface area contributed by atoms with Crippen molar-refractivity contribution in [2.24, 2.45) is 0 Å². The van der Waals surface area contributed by atoms with Crippen molar-refractivity contribution in [1.82, 2.24) is 5.32 Å². The van der Waals surface area contributed by atoms with Crippen LogP contribution in [0.5, 0.6) is 5.75 Å². The summed E-state index contributed by atoms with van der Waals surface area (Å²) in [4.78, 5) is 0. The van der Waals surface area contributed by atoms with Gasteiger partial charge in [-0.1, -0.05) is 66.2 Å². The van der Waals surface area contributed by atoms with Crippen molar-refractivity contribution in [1.29, 1.82) is 0 Å². The predicted molar refractivity (Wildman–Crippen MR) is 113 cm³/mol. The van der Waals surface area contributed by atoms with Gasteiger partial charge >= 0.3 is 0 Å². The minimum Gasteiger partial charge on any atom is -0.489 e. The summed E-state index contributed by atoms with van der Waals surface area (Å²) in [5.41, 5.74) is 3.21. The second-order valence-corrected chi connectivity index (χ2v) is 7.35. The molecule has 1 atom stereocenters. The fraction of sp³-hybridized carbons (Fsp3) is 0.250. The molecular formula is C24H25ClFNO. The number of aryl methyl sites for hydroxylation is 1. The highest BCUT2D eigenvalue weighted by molar-refractivity contribution is 6.31. The Morgan fingerprint density at radius 3 is 2.50 bits per heavy atom. The molecule has 4 heteroatoms. The average molecular weight is 398 g/mol. The SMILES string of the molecule is CC(CCc1ccccc1)NCc1ccccc1OCc1ccc(F)cc1Cl. The van der Waals surface area contributed by atoms with Crippen LogP contribution in [0.2, 0.25) is 5.02 Å². The number of para-hydroxylation sites is 1. The molecule has 0 aliphatic heterocycles. The van der Waals surface area contributed by atoms with Crippen LogP contribution in [0.1, 0.15) is 30.0 Å². The smallest absolute Gasteiger partial charge is 0.124 e. The zero-order valence-corrected chi connectivity index (χ0v) is 16.8. The van der Waals surface area contributed by atoms with Crippen molar-refractivity contribution in [3.63, 3.8) is 0 Å². The van der Waals surface area contributed by atoms with Crippen LogP contribution in [0.15, 0.2) is 72.8 Å². The van der Waals surface area contributed by atoms with Crippen LogP contribution in [-0.2, 0) is 19.6 Å². The molecule has 0 aromatic heterocycles. The van der Waals surface area contributed by atoms with Gasteiger partial charge in [0.15, 0.2) is 0 Å². The summed E-state index contributed by atoms with van der Waals surface area (Å²) in [5, 5.41) is 3.95. The van der Waals surface area contributed by atoms with Gasteiger partial charge < -0.3 is 10.1 Å². The van der Waals surface area contributed by atoms with Gasteiger partial charge in [-0.3, -0.25) is 0 Å². The molecule has 28 heavy (non-hydrogen) atoms. The second-order valence-electron chi connectivity index (χ2n) is 6.94. The van der Waals surface area contributed by atoms with E-state index in [1.54, 1.807) is 6.07 Å². The number of halogens is 2. The first-order valence-electron chi connectivity index (χ1n) is 9.54. The van der Waals surface area contributed by atoms with Gasteiger partial charge in [0.05, 0.1) is 5.02 Å². The van der Waals surface area contributed by atoms with E-state index in [0.29, 0.717) is 17.7 Å². The predicted octanol–water partition coefficient (Wildman–Crippen LogP) is 6.17. The number of hydrogen-bond donors (Lipinski definition) is 1. The van der Waals surface area contributed by atoms with Crippen molar-refractivity contribution in [3.05, 3.63) is 100 Å². The van der Waals surface area contributed by atoms with Crippen LogP contribution in [0.3, 0.4) is 0 Å². The van der Waals surface area contributed by atoms with Crippen molar-refractivity contribution < 1.29 is 9.13 Å². The number of ether oxygens (including phenoxy) is 1. The van der Waals surface area contributed by atoms with E-state index >= 15 is 0 Å². The molecule has 0 aliphatic carbocycles. The zero-order chi connectivity index (χ0) is 19.8. The Balaban J connectivity index is 1.53. The molecule has 1 unspecified atom stereocenters. The van der Waals surface area contributed by atoms with E-state index in [-0.39, 0.29) is 5.82 Å². The molecular weight excluding hydrogens is 373 g/mol. The van der Waals surface area contributed by atoms with Crippen LogP contribution in [-0.4, -0.2) is 6.04 Å². The molecule has 0 fully saturated rings. The summed E-state index contributed by atoms with van der Waals surface area (Å²) in [7, 11) is 0. The maximum Gasteiger partial charge on any atom is 0.124 e. The van der Waals surface area contributed by atoms with E-state index in [1.165, 1.54) is 17.7 Å². The molecule has 1 N–H and O–H groups in total. The maximum atomic E-state index is 13.2. The Morgan fingerprint density at radius 1 is 0.964 bits per heavy atom. The normalized spacial score (nSPS) is 12.0. The minimum atomic E-state index is -0.345. The molecule has 3 aromatic carbocycles. The zero-order valence-electron chi connectivity index (χ0n) is 16.0. The third-order valence-electron chi connectivity index (χ3n) is 4.72. The summed E-state index contributed by atoms with van der Waals surface area (Å²) in [6.07, 6.45) is 2.12. The van der Waals surface area contributed by atoms with Gasteiger partial charge in [0.2, 0.25) is 0 Å². The Labute approximate surface area is 171 Å². The lowest BCUT2D eigenvalue weighted by Crippen LogP contribution is -2.26. The maximum absolute atomic E-state index is 13.2. The number of nitrogens with one attached hydrogen (secondary N) is 1. The molecule has 0 aliphatic rings. The second kappa shape index (κ2) is 10.3. The van der Waals surface area contributed by atoms with Gasteiger partial charge in [0.25, 0.3) is 0 Å². The van der Waals surface area contributed by atoms with Gasteiger partial charge in [-0.2, -0.15) is 0 Å². The molecule has 0 saturated carbocycles. The fourth-order valence-electron chi connectivity index (χ4n) is 3.00. The molecule has 0 heterocycles. The Hall–Kier alpha value is -2.36. The summed E-state index contributed by atoms with van der Waals surface area (Å²) >= 11 is 6.09. The lowest BCUT2D eigenvalue weighted by Gasteiger charge is -2.16. The van der Waals surface area contributed by atoms with Gasteiger partial charge in [-0.15, -0.1) is 0 Å². The van der Waals surface area contributed by atoms with Gasteiger partial charge in [-0.25, -0.2) is 4.39 Å².